The van der Waals surface area contributed by atoms with Crippen LogP contribution in [0, 0.1) is 23.7 Å². The predicted octanol–water partition coefficient (Wildman–Crippen LogP) is 6.86. The van der Waals surface area contributed by atoms with Gasteiger partial charge in [0, 0.05) is 54.4 Å². The first-order valence-electron chi connectivity index (χ1n) is 16.6. The van der Waals surface area contributed by atoms with E-state index in [-0.39, 0.29) is 35.6 Å². The Balaban J connectivity index is 1.09. The van der Waals surface area contributed by atoms with Crippen molar-refractivity contribution in [3.63, 3.8) is 0 Å². The maximum Gasteiger partial charge on any atom is 0.238 e. The SMILES string of the molecule is CC1=CC(=O)C2=C(C[C@@H]3C(=CC[C@@H]4C(=O)N(c5ccc(N=Nc6ccc(N(C)C)cc6)cc5)C(=O)[C@@H]43)[C@@H]2C2=COc3ccc(O)cc3C2)C1=O. The van der Waals surface area contributed by atoms with Gasteiger partial charge in [0.2, 0.25) is 11.8 Å². The van der Waals surface area contributed by atoms with Crippen LogP contribution in [0.4, 0.5) is 22.7 Å². The highest BCUT2D eigenvalue weighted by molar-refractivity contribution is 6.24. The van der Waals surface area contributed by atoms with Gasteiger partial charge in [-0.3, -0.25) is 24.1 Å². The van der Waals surface area contributed by atoms with Gasteiger partial charge in [-0.2, -0.15) is 10.2 Å². The lowest BCUT2D eigenvalue weighted by Crippen LogP contribution is -2.41. The van der Waals surface area contributed by atoms with Crippen LogP contribution in [0.2, 0.25) is 0 Å². The van der Waals surface area contributed by atoms with Gasteiger partial charge in [-0.1, -0.05) is 11.6 Å². The molecule has 0 unspecified atom stereocenters. The van der Waals surface area contributed by atoms with E-state index < -0.39 is 23.7 Å². The third-order valence-electron chi connectivity index (χ3n) is 10.5. The highest BCUT2D eigenvalue weighted by Gasteiger charge is 2.57. The molecule has 2 heterocycles. The summed E-state index contributed by atoms with van der Waals surface area (Å²) >= 11 is 0. The van der Waals surface area contributed by atoms with Crippen LogP contribution in [0.1, 0.15) is 25.3 Å². The Labute approximate surface area is 288 Å². The van der Waals surface area contributed by atoms with Gasteiger partial charge in [-0.15, -0.1) is 0 Å². The molecule has 3 aromatic carbocycles. The van der Waals surface area contributed by atoms with E-state index in [1.165, 1.54) is 11.0 Å². The Bertz CT molecular complexity index is 2160. The van der Waals surface area contributed by atoms with Gasteiger partial charge in [0.25, 0.3) is 0 Å². The number of benzene rings is 3. The number of nitrogens with zero attached hydrogens (tertiary/aromatic N) is 4. The second-order valence-electron chi connectivity index (χ2n) is 13.6. The molecular formula is C40H34N4O6. The van der Waals surface area contributed by atoms with Crippen LogP contribution >= 0.6 is 0 Å². The van der Waals surface area contributed by atoms with Crippen molar-refractivity contribution in [3.8, 4) is 11.5 Å². The molecule has 10 nitrogen and oxygen atoms in total. The number of amides is 2. The molecule has 50 heavy (non-hydrogen) atoms. The molecule has 4 atom stereocenters. The van der Waals surface area contributed by atoms with Crippen LogP contribution in [-0.2, 0) is 25.6 Å². The number of fused-ring (bicyclic) bond motifs is 4. The van der Waals surface area contributed by atoms with E-state index in [1.54, 1.807) is 55.7 Å². The lowest BCUT2D eigenvalue weighted by Gasteiger charge is -2.43. The highest BCUT2D eigenvalue weighted by Crippen LogP contribution is 2.55. The van der Waals surface area contributed by atoms with Crippen molar-refractivity contribution in [2.24, 2.45) is 33.9 Å². The molecule has 0 aromatic heterocycles. The molecule has 5 aliphatic rings. The Morgan fingerprint density at radius 2 is 1.58 bits per heavy atom. The van der Waals surface area contributed by atoms with E-state index in [2.05, 4.69) is 10.2 Å². The van der Waals surface area contributed by atoms with Crippen LogP contribution in [0.5, 0.6) is 11.5 Å². The minimum Gasteiger partial charge on any atom is -0.508 e. The van der Waals surface area contributed by atoms with Gasteiger partial charge in [-0.25, -0.2) is 0 Å². The third-order valence-corrected chi connectivity index (χ3v) is 10.5. The fourth-order valence-electron chi connectivity index (χ4n) is 8.05. The smallest absolute Gasteiger partial charge is 0.238 e. The van der Waals surface area contributed by atoms with Crippen molar-refractivity contribution in [3.05, 3.63) is 119 Å². The lowest BCUT2D eigenvalue weighted by atomic mass is 9.58. The molecule has 2 aliphatic heterocycles. The molecule has 0 saturated carbocycles. The third kappa shape index (κ3) is 5.10. The summed E-state index contributed by atoms with van der Waals surface area (Å²) in [5.41, 5.74) is 6.30. The second-order valence-corrected chi connectivity index (χ2v) is 13.6. The summed E-state index contributed by atoms with van der Waals surface area (Å²) in [7, 11) is 3.93. The summed E-state index contributed by atoms with van der Waals surface area (Å²) in [4.78, 5) is 58.8. The maximum absolute atomic E-state index is 14.3. The van der Waals surface area contributed by atoms with Crippen LogP contribution in [0.3, 0.4) is 0 Å². The fourth-order valence-corrected chi connectivity index (χ4v) is 8.05. The summed E-state index contributed by atoms with van der Waals surface area (Å²) in [6.07, 6.45) is 5.92. The number of carbonyl (C=O) groups excluding carboxylic acids is 4. The van der Waals surface area contributed by atoms with E-state index >= 15 is 0 Å². The Hall–Kier alpha value is -5.90. The zero-order chi connectivity index (χ0) is 34.8. The Morgan fingerprint density at radius 1 is 0.880 bits per heavy atom. The number of Topliss-reactive ketones (excluding diaryl/α,β-unsaturated/α-hetero) is 1. The van der Waals surface area contributed by atoms with Crippen molar-refractivity contribution < 1.29 is 29.0 Å². The Kier molecular flexibility index (Phi) is 7.47. The molecule has 10 heteroatoms. The van der Waals surface area contributed by atoms with E-state index in [9.17, 15) is 24.3 Å². The largest absolute Gasteiger partial charge is 0.508 e. The fraction of sp³-hybridized carbons (Fsp3) is 0.250. The quantitative estimate of drug-likeness (QED) is 0.136. The number of azo groups is 1. The number of allylic oxidation sites excluding steroid dienone is 7. The van der Waals surface area contributed by atoms with Crippen LogP contribution in [0.25, 0.3) is 0 Å². The van der Waals surface area contributed by atoms with E-state index in [0.717, 1.165) is 22.4 Å². The van der Waals surface area contributed by atoms with Crippen molar-refractivity contribution in [1.82, 2.24) is 0 Å². The molecule has 1 fully saturated rings. The molecule has 8 rings (SSSR count). The van der Waals surface area contributed by atoms with Crippen molar-refractivity contribution in [1.29, 1.82) is 0 Å². The second kappa shape index (κ2) is 11.9. The highest BCUT2D eigenvalue weighted by atomic mass is 16.5. The normalized spacial score (nSPS) is 24.2. The minimum atomic E-state index is -0.695. The molecule has 0 radical (unpaired) electrons. The first-order valence-corrected chi connectivity index (χ1v) is 16.6. The number of hydrogen-bond acceptors (Lipinski definition) is 9. The number of imide groups is 1. The van der Waals surface area contributed by atoms with Gasteiger partial charge in [0.05, 0.1) is 35.2 Å². The zero-order valence-electron chi connectivity index (χ0n) is 27.8. The molecule has 2 amide bonds. The van der Waals surface area contributed by atoms with E-state index in [4.69, 9.17) is 4.74 Å². The van der Waals surface area contributed by atoms with Gasteiger partial charge in [0.1, 0.15) is 11.5 Å². The Morgan fingerprint density at radius 3 is 2.28 bits per heavy atom. The number of ether oxygens (including phenoxy) is 1. The van der Waals surface area contributed by atoms with Crippen molar-refractivity contribution in [2.75, 3.05) is 23.9 Å². The topological polar surface area (TPSA) is 129 Å². The number of hydrogen-bond donors (Lipinski definition) is 1. The molecule has 0 bridgehead atoms. The summed E-state index contributed by atoms with van der Waals surface area (Å²) in [6, 6.07) is 19.4. The number of phenolic OH excluding ortho intramolecular Hbond substituents is 1. The molecule has 0 spiro atoms. The van der Waals surface area contributed by atoms with Crippen LogP contribution in [0.15, 0.2) is 123 Å². The average molecular weight is 667 g/mol. The molecule has 1 saturated heterocycles. The maximum atomic E-state index is 14.3. The predicted molar refractivity (Wildman–Crippen MR) is 186 cm³/mol. The van der Waals surface area contributed by atoms with Gasteiger partial charge >= 0.3 is 0 Å². The zero-order valence-corrected chi connectivity index (χ0v) is 27.8. The summed E-state index contributed by atoms with van der Waals surface area (Å²) in [5.74, 6) is -2.69. The first-order chi connectivity index (χ1) is 24.1. The van der Waals surface area contributed by atoms with Gasteiger partial charge in [-0.05, 0) is 104 Å². The van der Waals surface area contributed by atoms with Gasteiger partial charge < -0.3 is 14.7 Å². The van der Waals surface area contributed by atoms with Crippen LogP contribution in [-0.4, -0.2) is 42.6 Å². The number of carbonyl (C=O) groups is 4. The van der Waals surface area contributed by atoms with Gasteiger partial charge in [0.15, 0.2) is 11.6 Å². The summed E-state index contributed by atoms with van der Waals surface area (Å²) in [5, 5.41) is 18.8. The van der Waals surface area contributed by atoms with Crippen molar-refractivity contribution in [2.45, 2.75) is 26.2 Å². The number of phenols is 1. The molecule has 3 aromatic rings. The standard InChI is InChI=1S/C40H34N4O6/c1-21-16-33(46)37-32(38(21)47)19-31-29(35(37)23-17-22-18-28(45)12-15-34(22)50-20-23)13-14-30-36(31)40(49)44(39(30)48)27-10-6-25(7-11-27)42-41-24-4-8-26(9-5-24)43(2)3/h4-13,15-16,18,20,30-31,35-36,45H,14,17,19H2,1-3H3/t30-,31+,35-,36-/m0/s1. The molecule has 250 valence electrons. The average Bonchev–Trinajstić information content (AvgIpc) is 3.37. The minimum absolute atomic E-state index is 0.0957. The van der Waals surface area contributed by atoms with E-state index in [1.807, 2.05) is 49.3 Å². The van der Waals surface area contributed by atoms with Crippen LogP contribution < -0.4 is 14.5 Å². The lowest BCUT2D eigenvalue weighted by molar-refractivity contribution is -0.123. The van der Waals surface area contributed by atoms with Crippen molar-refractivity contribution >= 4 is 46.1 Å². The molecular weight excluding hydrogens is 632 g/mol. The molecule has 3 aliphatic carbocycles. The number of ketones is 2. The number of rotatable bonds is 5. The number of anilines is 2. The summed E-state index contributed by atoms with van der Waals surface area (Å²) in [6.45, 7) is 1.63. The summed E-state index contributed by atoms with van der Waals surface area (Å²) < 4.78 is 5.97. The molecule has 1 N–H and O–H groups in total. The first kappa shape index (κ1) is 31.4. The number of aromatic hydroxyl groups is 1. The monoisotopic (exact) mass is 666 g/mol. The van der Waals surface area contributed by atoms with E-state index in [0.29, 0.717) is 52.4 Å².